The van der Waals surface area contributed by atoms with Gasteiger partial charge in [0.15, 0.2) is 5.82 Å². The van der Waals surface area contributed by atoms with Crippen molar-refractivity contribution >= 4 is 11.6 Å². The third-order valence-electron chi connectivity index (χ3n) is 5.97. The smallest absolute Gasteiger partial charge is 0.277 e. The van der Waals surface area contributed by atoms with Crippen molar-refractivity contribution in [3.05, 3.63) is 109 Å². The van der Waals surface area contributed by atoms with E-state index in [1.165, 1.54) is 35.2 Å². The molecular weight excluding hydrogens is 518 g/mol. The van der Waals surface area contributed by atoms with E-state index in [0.717, 1.165) is 6.20 Å². The second-order valence-corrected chi connectivity index (χ2v) is 9.53. The first-order chi connectivity index (χ1) is 17.9. The van der Waals surface area contributed by atoms with Gasteiger partial charge in [0, 0.05) is 41.9 Å². The number of nitrogens with zero attached hydrogens (tertiary/aromatic N) is 4. The number of rotatable bonds is 7. The minimum Gasteiger partial charge on any atom is -0.485 e. The molecule has 0 aliphatic carbocycles. The van der Waals surface area contributed by atoms with Gasteiger partial charge < -0.3 is 9.84 Å². The SMILES string of the molecule is CCc1cnc(-n2cccc(C(C)(C)O)c2=O)cc1-n1c(C)cc(OCc2ncc(F)cc2F)c(Cl)c1=O. The lowest BCUT2D eigenvalue weighted by Crippen LogP contribution is -2.31. The molecule has 4 aromatic rings. The van der Waals surface area contributed by atoms with Crippen molar-refractivity contribution in [3.8, 4) is 17.3 Å². The lowest BCUT2D eigenvalue weighted by atomic mass is 10.0. The number of aryl methyl sites for hydroxylation is 2. The highest BCUT2D eigenvalue weighted by Gasteiger charge is 2.22. The van der Waals surface area contributed by atoms with Crippen LogP contribution < -0.4 is 15.9 Å². The van der Waals surface area contributed by atoms with Crippen LogP contribution in [0.1, 0.15) is 43.3 Å². The quantitative estimate of drug-likeness (QED) is 0.372. The van der Waals surface area contributed by atoms with Gasteiger partial charge in [-0.1, -0.05) is 18.5 Å². The van der Waals surface area contributed by atoms with Gasteiger partial charge in [0.2, 0.25) is 0 Å². The fourth-order valence-electron chi connectivity index (χ4n) is 4.00. The third kappa shape index (κ3) is 5.23. The van der Waals surface area contributed by atoms with Gasteiger partial charge in [-0.2, -0.15) is 0 Å². The van der Waals surface area contributed by atoms with Crippen molar-refractivity contribution in [1.29, 1.82) is 0 Å². The number of pyridine rings is 4. The predicted octanol–water partition coefficient (Wildman–Crippen LogP) is 4.39. The Balaban J connectivity index is 1.79. The first kappa shape index (κ1) is 27.2. The molecule has 0 spiro atoms. The van der Waals surface area contributed by atoms with E-state index in [0.29, 0.717) is 29.4 Å². The molecule has 4 rings (SSSR count). The number of hydrogen-bond donors (Lipinski definition) is 1. The minimum atomic E-state index is -1.37. The number of halogens is 3. The maximum absolute atomic E-state index is 14.0. The fraction of sp³-hybridized carbons (Fsp3) is 0.259. The van der Waals surface area contributed by atoms with Gasteiger partial charge in [0.25, 0.3) is 11.1 Å². The fourth-order valence-corrected chi connectivity index (χ4v) is 4.19. The molecule has 0 aromatic carbocycles. The Morgan fingerprint density at radius 3 is 2.50 bits per heavy atom. The second-order valence-electron chi connectivity index (χ2n) is 9.16. The summed E-state index contributed by atoms with van der Waals surface area (Å²) in [5.74, 6) is -1.45. The van der Waals surface area contributed by atoms with Gasteiger partial charge in [0.1, 0.15) is 34.7 Å². The van der Waals surface area contributed by atoms with Crippen molar-refractivity contribution in [3.63, 3.8) is 0 Å². The molecule has 0 aliphatic rings. The van der Waals surface area contributed by atoms with Crippen molar-refractivity contribution < 1.29 is 18.6 Å². The molecule has 0 bridgehead atoms. The largest absolute Gasteiger partial charge is 0.485 e. The van der Waals surface area contributed by atoms with Crippen molar-refractivity contribution in [2.75, 3.05) is 0 Å². The summed E-state index contributed by atoms with van der Waals surface area (Å²) in [6.07, 6.45) is 4.49. The highest BCUT2D eigenvalue weighted by molar-refractivity contribution is 6.31. The molecule has 0 fully saturated rings. The van der Waals surface area contributed by atoms with Crippen LogP contribution in [0.2, 0.25) is 5.02 Å². The summed E-state index contributed by atoms with van der Waals surface area (Å²) in [4.78, 5) is 34.6. The summed E-state index contributed by atoms with van der Waals surface area (Å²) in [5.41, 5.74) is -0.744. The molecule has 11 heteroatoms. The summed E-state index contributed by atoms with van der Waals surface area (Å²) >= 11 is 6.37. The van der Waals surface area contributed by atoms with Gasteiger partial charge in [-0.15, -0.1) is 0 Å². The summed E-state index contributed by atoms with van der Waals surface area (Å²) in [5, 5.41) is 10.1. The van der Waals surface area contributed by atoms with Crippen LogP contribution in [-0.2, 0) is 18.6 Å². The van der Waals surface area contributed by atoms with E-state index in [2.05, 4.69) is 9.97 Å². The maximum atomic E-state index is 14.0. The van der Waals surface area contributed by atoms with Crippen molar-refractivity contribution in [2.45, 2.75) is 46.3 Å². The van der Waals surface area contributed by atoms with Gasteiger partial charge in [-0.05, 0) is 44.9 Å². The number of aliphatic hydroxyl groups is 1. The Bertz CT molecular complexity index is 1640. The van der Waals surface area contributed by atoms with Gasteiger partial charge in [-0.3, -0.25) is 23.7 Å². The highest BCUT2D eigenvalue weighted by Crippen LogP contribution is 2.26. The van der Waals surface area contributed by atoms with E-state index in [4.69, 9.17) is 16.3 Å². The average Bonchev–Trinajstić information content (AvgIpc) is 2.85. The number of hydrogen-bond acceptors (Lipinski definition) is 6. The lowest BCUT2D eigenvalue weighted by Gasteiger charge is -2.19. The highest BCUT2D eigenvalue weighted by atomic mass is 35.5. The van der Waals surface area contributed by atoms with Crippen LogP contribution in [0, 0.1) is 18.6 Å². The first-order valence-corrected chi connectivity index (χ1v) is 12.1. The van der Waals surface area contributed by atoms with Crippen molar-refractivity contribution in [2.24, 2.45) is 0 Å². The maximum Gasteiger partial charge on any atom is 0.277 e. The van der Waals surface area contributed by atoms with Crippen LogP contribution in [0.3, 0.4) is 0 Å². The second kappa shape index (κ2) is 10.5. The molecule has 8 nitrogen and oxygen atoms in total. The number of aromatic nitrogens is 4. The molecule has 1 N–H and O–H groups in total. The first-order valence-electron chi connectivity index (χ1n) is 11.7. The predicted molar refractivity (Wildman–Crippen MR) is 138 cm³/mol. The van der Waals surface area contributed by atoms with Crippen LogP contribution in [0.15, 0.2) is 58.5 Å². The Morgan fingerprint density at radius 2 is 1.84 bits per heavy atom. The molecule has 0 saturated carbocycles. The van der Waals surface area contributed by atoms with E-state index in [1.807, 2.05) is 6.92 Å². The van der Waals surface area contributed by atoms with Gasteiger partial charge in [-0.25, -0.2) is 13.8 Å². The Labute approximate surface area is 221 Å². The molecule has 0 amide bonds. The Hall–Kier alpha value is -3.89. The molecule has 0 radical (unpaired) electrons. The topological polar surface area (TPSA) is 99.2 Å². The molecule has 198 valence electrons. The third-order valence-corrected chi connectivity index (χ3v) is 6.32. The molecule has 4 heterocycles. The van der Waals surface area contributed by atoms with Crippen LogP contribution >= 0.6 is 11.6 Å². The zero-order valence-electron chi connectivity index (χ0n) is 21.1. The van der Waals surface area contributed by atoms with E-state index < -0.39 is 28.4 Å². The molecular formula is C27H25ClF2N4O4. The minimum absolute atomic E-state index is 0.0115. The normalized spacial score (nSPS) is 11.6. The molecule has 0 saturated heterocycles. The van der Waals surface area contributed by atoms with Crippen molar-refractivity contribution in [1.82, 2.24) is 19.1 Å². The molecule has 0 atom stereocenters. The van der Waals surface area contributed by atoms with E-state index in [-0.39, 0.29) is 34.5 Å². The monoisotopic (exact) mass is 542 g/mol. The van der Waals surface area contributed by atoms with E-state index in [9.17, 15) is 23.5 Å². The summed E-state index contributed by atoms with van der Waals surface area (Å²) < 4.78 is 35.3. The van der Waals surface area contributed by atoms with Crippen LogP contribution in [0.25, 0.3) is 11.5 Å². The molecule has 4 aromatic heterocycles. The summed E-state index contributed by atoms with van der Waals surface area (Å²) in [6.45, 7) is 6.23. The molecule has 38 heavy (non-hydrogen) atoms. The van der Waals surface area contributed by atoms with E-state index in [1.54, 1.807) is 31.3 Å². The average molecular weight is 543 g/mol. The van der Waals surface area contributed by atoms with Gasteiger partial charge in [0.05, 0.1) is 17.5 Å². The van der Waals surface area contributed by atoms with Crippen LogP contribution in [-0.4, -0.2) is 24.2 Å². The Morgan fingerprint density at radius 1 is 1.11 bits per heavy atom. The molecule has 0 aliphatic heterocycles. The summed E-state index contributed by atoms with van der Waals surface area (Å²) in [6, 6.07) is 6.97. The standard InChI is InChI=1S/C27H25ClF2N4O4/c1-5-16-12-32-23(33-8-6-7-18(25(33)35)27(3,4)37)11-21(16)34-15(2)9-22(24(28)26(34)36)38-14-20-19(30)10-17(29)13-31-20/h6-13,37H,5,14H2,1-4H3. The number of ether oxygens (including phenoxy) is 1. The van der Waals surface area contributed by atoms with Gasteiger partial charge >= 0.3 is 0 Å². The van der Waals surface area contributed by atoms with Crippen LogP contribution in [0.5, 0.6) is 5.75 Å². The lowest BCUT2D eigenvalue weighted by molar-refractivity contribution is 0.0767. The van der Waals surface area contributed by atoms with E-state index >= 15 is 0 Å². The summed E-state index contributed by atoms with van der Waals surface area (Å²) in [7, 11) is 0. The Kier molecular flexibility index (Phi) is 7.48. The zero-order valence-corrected chi connectivity index (χ0v) is 21.9. The zero-order chi connectivity index (χ0) is 27.8. The van der Waals surface area contributed by atoms with Crippen LogP contribution in [0.4, 0.5) is 8.78 Å². The molecule has 0 unspecified atom stereocenters.